The van der Waals surface area contributed by atoms with Gasteiger partial charge in [-0.1, -0.05) is 0 Å². The normalized spacial score (nSPS) is 22.3. The molecule has 2 aliphatic carbocycles. The largest absolute Gasteiger partial charge is 0.488 e. The van der Waals surface area contributed by atoms with Gasteiger partial charge in [-0.05, 0) is 96.8 Å². The Morgan fingerprint density at radius 3 is 2.54 bits per heavy atom. The number of carbonyl (C=O) groups excluding carboxylic acids is 2. The first-order valence-electron chi connectivity index (χ1n) is 14.9. The van der Waals surface area contributed by atoms with E-state index in [9.17, 15) is 9.59 Å². The first kappa shape index (κ1) is 29.3. The predicted molar refractivity (Wildman–Crippen MR) is 155 cm³/mol. The smallest absolute Gasteiger partial charge is 0.293 e. The van der Waals surface area contributed by atoms with Crippen LogP contribution in [-0.4, -0.2) is 97.3 Å². The van der Waals surface area contributed by atoms with Crippen LogP contribution in [-0.2, 0) is 9.53 Å². The minimum atomic E-state index is -0.189. The van der Waals surface area contributed by atoms with Gasteiger partial charge in [0.15, 0.2) is 11.4 Å². The number of nitrogens with zero attached hydrogens (tertiary/aromatic N) is 4. The number of ether oxygens (including phenoxy) is 3. The molecule has 2 aromatic rings. The number of nitrogens with one attached hydrogen (secondary N) is 1. The number of aromatic nitrogens is 2. The molecular weight excluding hydrogens is 522 g/mol. The molecule has 2 aromatic heterocycles. The monoisotopic (exact) mass is 565 g/mol. The van der Waals surface area contributed by atoms with E-state index in [-0.39, 0.29) is 24.2 Å². The summed E-state index contributed by atoms with van der Waals surface area (Å²) in [5.74, 6) is 0.878. The van der Waals surface area contributed by atoms with Crippen molar-refractivity contribution in [3.8, 4) is 22.9 Å². The molecular formula is C31H43N5O5. The molecule has 2 saturated carbocycles. The van der Waals surface area contributed by atoms with Crippen LogP contribution in [0.3, 0.4) is 0 Å². The molecule has 4 heterocycles. The fourth-order valence-electron chi connectivity index (χ4n) is 6.63. The lowest BCUT2D eigenvalue weighted by Gasteiger charge is -2.57. The molecule has 4 aliphatic rings. The fourth-order valence-corrected chi connectivity index (χ4v) is 6.63. The molecule has 6 rings (SSSR count). The SMILES string of the molecule is CCOc1ncccc1-c1ccc(OC2CC3(C2)CN(C)C3)c(C(=O)NC2CCN(C)C2)n1.O=COC1CCCC1. The maximum absolute atomic E-state index is 13.3. The number of hydrogen-bond donors (Lipinski definition) is 1. The molecule has 2 aliphatic heterocycles. The third kappa shape index (κ3) is 7.16. The topological polar surface area (TPSA) is 106 Å². The molecule has 2 saturated heterocycles. The standard InChI is InChI=1S/C25H33N5O3.C6H10O2/c1-4-32-24-19(6-5-10-26-24)20-7-8-21(33-18-12-25(13-18)15-30(3)16-25)22(28-20)23(31)27-17-9-11-29(2)14-17;7-5-8-6-3-1-2-4-6/h5-8,10,17-18H,4,9,11-16H2,1-3H3,(H,27,31);5-6H,1-4H2. The second-order valence-corrected chi connectivity index (χ2v) is 12.0. The Morgan fingerprint density at radius 1 is 1.10 bits per heavy atom. The Kier molecular flexibility index (Phi) is 9.39. The van der Waals surface area contributed by atoms with Crippen LogP contribution in [0.1, 0.15) is 62.4 Å². The van der Waals surface area contributed by atoms with Crippen LogP contribution in [0.25, 0.3) is 11.3 Å². The van der Waals surface area contributed by atoms with Crippen molar-refractivity contribution in [2.24, 2.45) is 5.41 Å². The summed E-state index contributed by atoms with van der Waals surface area (Å²) in [6.07, 6.45) is 9.65. The first-order valence-corrected chi connectivity index (χ1v) is 14.9. The van der Waals surface area contributed by atoms with Crippen molar-refractivity contribution in [3.63, 3.8) is 0 Å². The van der Waals surface area contributed by atoms with E-state index < -0.39 is 0 Å². The van der Waals surface area contributed by atoms with Crippen molar-refractivity contribution < 1.29 is 23.8 Å². The molecule has 222 valence electrons. The van der Waals surface area contributed by atoms with Crippen LogP contribution in [0, 0.1) is 5.41 Å². The zero-order valence-electron chi connectivity index (χ0n) is 24.5. The van der Waals surface area contributed by atoms with Gasteiger partial charge in [-0.3, -0.25) is 9.59 Å². The Labute approximate surface area is 242 Å². The summed E-state index contributed by atoms with van der Waals surface area (Å²) in [5, 5.41) is 3.16. The third-order valence-electron chi connectivity index (χ3n) is 8.50. The van der Waals surface area contributed by atoms with Crippen molar-refractivity contribution >= 4 is 12.4 Å². The van der Waals surface area contributed by atoms with Crippen molar-refractivity contribution in [2.75, 3.05) is 46.9 Å². The Bertz CT molecular complexity index is 1190. The zero-order chi connectivity index (χ0) is 28.8. The minimum Gasteiger partial charge on any atom is -0.488 e. The molecule has 0 bridgehead atoms. The lowest BCUT2D eigenvalue weighted by atomic mass is 9.62. The fraction of sp³-hybridized carbons (Fsp3) is 0.613. The van der Waals surface area contributed by atoms with Gasteiger partial charge in [0, 0.05) is 37.3 Å². The Morgan fingerprint density at radius 2 is 1.88 bits per heavy atom. The molecule has 10 nitrogen and oxygen atoms in total. The zero-order valence-corrected chi connectivity index (χ0v) is 24.5. The van der Waals surface area contributed by atoms with E-state index in [4.69, 9.17) is 19.2 Å². The minimum absolute atomic E-state index is 0.121. The average molecular weight is 566 g/mol. The molecule has 1 amide bonds. The molecule has 1 spiro atoms. The maximum Gasteiger partial charge on any atom is 0.293 e. The number of likely N-dealkylation sites (tertiary alicyclic amines) is 2. The predicted octanol–water partition coefficient (Wildman–Crippen LogP) is 3.55. The number of carbonyl (C=O) groups is 2. The number of likely N-dealkylation sites (N-methyl/N-ethyl adjacent to an activating group) is 1. The van der Waals surface area contributed by atoms with Crippen molar-refractivity contribution in [1.29, 1.82) is 0 Å². The van der Waals surface area contributed by atoms with Crippen molar-refractivity contribution in [1.82, 2.24) is 25.1 Å². The highest BCUT2D eigenvalue weighted by Gasteiger charge is 2.52. The molecule has 0 aromatic carbocycles. The van der Waals surface area contributed by atoms with Gasteiger partial charge in [0.1, 0.15) is 12.2 Å². The Hall–Kier alpha value is -3.24. The maximum atomic E-state index is 13.3. The van der Waals surface area contributed by atoms with E-state index in [1.807, 2.05) is 31.2 Å². The van der Waals surface area contributed by atoms with Gasteiger partial charge < -0.3 is 29.3 Å². The molecule has 10 heteroatoms. The summed E-state index contributed by atoms with van der Waals surface area (Å²) in [7, 11) is 4.22. The van der Waals surface area contributed by atoms with Crippen LogP contribution in [0.4, 0.5) is 0 Å². The summed E-state index contributed by atoms with van der Waals surface area (Å²) in [5.41, 5.74) is 2.16. The van der Waals surface area contributed by atoms with Gasteiger partial charge in [0.2, 0.25) is 5.88 Å². The van der Waals surface area contributed by atoms with Gasteiger partial charge in [0.25, 0.3) is 12.4 Å². The quantitative estimate of drug-likeness (QED) is 0.457. The van der Waals surface area contributed by atoms with E-state index in [1.54, 1.807) is 6.20 Å². The van der Waals surface area contributed by atoms with Crippen molar-refractivity contribution in [2.45, 2.75) is 70.1 Å². The van der Waals surface area contributed by atoms with Crippen LogP contribution < -0.4 is 14.8 Å². The summed E-state index contributed by atoms with van der Waals surface area (Å²) < 4.78 is 16.7. The molecule has 1 atom stereocenters. The lowest BCUT2D eigenvalue weighted by molar-refractivity contribution is -0.133. The highest BCUT2D eigenvalue weighted by atomic mass is 16.5. The third-order valence-corrected chi connectivity index (χ3v) is 8.50. The van der Waals surface area contributed by atoms with E-state index in [0.717, 1.165) is 63.8 Å². The summed E-state index contributed by atoms with van der Waals surface area (Å²) in [6, 6.07) is 7.65. The van der Waals surface area contributed by atoms with E-state index in [2.05, 4.69) is 34.2 Å². The van der Waals surface area contributed by atoms with Crippen LogP contribution in [0.15, 0.2) is 30.5 Å². The lowest BCUT2D eigenvalue weighted by Crippen LogP contribution is -2.63. The summed E-state index contributed by atoms with van der Waals surface area (Å²) in [4.78, 5) is 36.7. The highest BCUT2D eigenvalue weighted by molar-refractivity contribution is 5.96. The molecule has 1 unspecified atom stereocenters. The van der Waals surface area contributed by atoms with Crippen LogP contribution >= 0.6 is 0 Å². The second kappa shape index (κ2) is 13.2. The average Bonchev–Trinajstić information content (AvgIpc) is 3.59. The molecule has 4 fully saturated rings. The van der Waals surface area contributed by atoms with E-state index >= 15 is 0 Å². The number of rotatable bonds is 9. The summed E-state index contributed by atoms with van der Waals surface area (Å²) in [6.45, 7) is 7.07. The van der Waals surface area contributed by atoms with E-state index in [1.165, 1.54) is 12.8 Å². The van der Waals surface area contributed by atoms with E-state index in [0.29, 0.717) is 41.5 Å². The number of pyridine rings is 2. The number of amides is 1. The van der Waals surface area contributed by atoms with Crippen LogP contribution in [0.2, 0.25) is 0 Å². The van der Waals surface area contributed by atoms with Crippen molar-refractivity contribution in [3.05, 3.63) is 36.2 Å². The summed E-state index contributed by atoms with van der Waals surface area (Å²) >= 11 is 0. The van der Waals surface area contributed by atoms with Gasteiger partial charge in [-0.15, -0.1) is 0 Å². The van der Waals surface area contributed by atoms with Crippen LogP contribution in [0.5, 0.6) is 11.6 Å². The molecule has 1 N–H and O–H groups in total. The second-order valence-electron chi connectivity index (χ2n) is 12.0. The molecule has 41 heavy (non-hydrogen) atoms. The van der Waals surface area contributed by atoms with Gasteiger partial charge >= 0.3 is 0 Å². The first-order chi connectivity index (χ1) is 19.9. The number of hydrogen-bond acceptors (Lipinski definition) is 9. The van der Waals surface area contributed by atoms with Gasteiger partial charge in [-0.2, -0.15) is 0 Å². The van der Waals surface area contributed by atoms with Gasteiger partial charge in [-0.25, -0.2) is 9.97 Å². The molecule has 0 radical (unpaired) electrons. The highest BCUT2D eigenvalue weighted by Crippen LogP contribution is 2.49. The van der Waals surface area contributed by atoms with Gasteiger partial charge in [0.05, 0.1) is 17.9 Å². The Balaban J connectivity index is 0.000000365.